The molecule has 6 nitrogen and oxygen atoms in total. The second-order valence-corrected chi connectivity index (χ2v) is 9.33. The fourth-order valence-corrected chi connectivity index (χ4v) is 5.62. The molecule has 0 bridgehead atoms. The molecule has 28 heavy (non-hydrogen) atoms. The van der Waals surface area contributed by atoms with Crippen LogP contribution in [0.3, 0.4) is 0 Å². The average Bonchev–Trinajstić information content (AvgIpc) is 2.73. The van der Waals surface area contributed by atoms with Crippen LogP contribution in [0.2, 0.25) is 0 Å². The summed E-state index contributed by atoms with van der Waals surface area (Å²) in [4.78, 5) is 15.1. The molecule has 1 aromatic rings. The molecule has 0 N–H and O–H groups in total. The summed E-state index contributed by atoms with van der Waals surface area (Å²) in [5.74, 6) is 2.40. The minimum absolute atomic E-state index is 0.123. The Morgan fingerprint density at radius 2 is 1.93 bits per heavy atom. The number of sulfonamides is 1. The van der Waals surface area contributed by atoms with Crippen molar-refractivity contribution in [3.63, 3.8) is 0 Å². The number of rotatable bonds is 5. The summed E-state index contributed by atoms with van der Waals surface area (Å²) >= 11 is 0. The molecule has 1 heterocycles. The van der Waals surface area contributed by atoms with E-state index in [2.05, 4.69) is 5.92 Å². The molecule has 3 rings (SSSR count). The zero-order valence-corrected chi connectivity index (χ0v) is 17.2. The van der Waals surface area contributed by atoms with Crippen molar-refractivity contribution in [1.82, 2.24) is 9.21 Å². The van der Waals surface area contributed by atoms with E-state index in [0.717, 1.165) is 25.7 Å². The van der Waals surface area contributed by atoms with Crippen LogP contribution in [0.25, 0.3) is 0 Å². The Kier molecular flexibility index (Phi) is 6.76. The van der Waals surface area contributed by atoms with Crippen molar-refractivity contribution in [3.8, 4) is 12.3 Å². The van der Waals surface area contributed by atoms with Crippen LogP contribution >= 0.6 is 0 Å². The van der Waals surface area contributed by atoms with Gasteiger partial charge in [-0.2, -0.15) is 4.31 Å². The van der Waals surface area contributed by atoms with Gasteiger partial charge in [0.1, 0.15) is 0 Å². The van der Waals surface area contributed by atoms with Crippen molar-refractivity contribution in [2.24, 2.45) is 0 Å². The van der Waals surface area contributed by atoms with Crippen molar-refractivity contribution in [2.45, 2.75) is 50.0 Å². The third kappa shape index (κ3) is 4.40. The number of terminal acetylenes is 1. The molecule has 1 saturated carbocycles. The van der Waals surface area contributed by atoms with Gasteiger partial charge in [-0.15, -0.1) is 6.42 Å². The molecule has 2 fully saturated rings. The number of hydrogen-bond donors (Lipinski definition) is 0. The molecule has 2 aliphatic rings. The third-order valence-corrected chi connectivity index (χ3v) is 7.60. The fraction of sp³-hybridized carbons (Fsp3) is 0.571. The first kappa shape index (κ1) is 20.8. The van der Waals surface area contributed by atoms with Crippen molar-refractivity contribution in [3.05, 3.63) is 29.3 Å². The van der Waals surface area contributed by atoms with Gasteiger partial charge in [-0.3, -0.25) is 4.79 Å². The number of aryl methyl sites for hydroxylation is 1. The zero-order chi connectivity index (χ0) is 20.1. The summed E-state index contributed by atoms with van der Waals surface area (Å²) in [6.07, 6.45) is 10.8. The normalized spacial score (nSPS) is 19.1. The van der Waals surface area contributed by atoms with Gasteiger partial charge >= 0.3 is 0 Å². The topological polar surface area (TPSA) is 66.9 Å². The Hall–Kier alpha value is -1.88. The standard InChI is InChI=1S/C21H28N2O4S/c1-3-11-23(19-7-5-4-6-8-19)21(24)18-10-9-17(2)20(16-18)28(25,26)22-12-14-27-15-13-22/h1,9-10,16,19H,4-8,11-15H2,2H3. The summed E-state index contributed by atoms with van der Waals surface area (Å²) in [7, 11) is -3.67. The van der Waals surface area contributed by atoms with Gasteiger partial charge in [-0.25, -0.2) is 8.42 Å². The molecule has 0 aromatic heterocycles. The number of carbonyl (C=O) groups is 1. The lowest BCUT2D eigenvalue weighted by Gasteiger charge is -2.33. The maximum Gasteiger partial charge on any atom is 0.254 e. The number of hydrogen-bond acceptors (Lipinski definition) is 4. The van der Waals surface area contributed by atoms with E-state index in [-0.39, 0.29) is 23.4 Å². The Bertz CT molecular complexity index is 848. The molecule has 0 radical (unpaired) electrons. The van der Waals surface area contributed by atoms with E-state index in [1.54, 1.807) is 24.0 Å². The van der Waals surface area contributed by atoms with E-state index >= 15 is 0 Å². The maximum atomic E-state index is 13.2. The Labute approximate surface area is 167 Å². The van der Waals surface area contributed by atoms with Gasteiger partial charge in [0.15, 0.2) is 0 Å². The molecule has 1 aliphatic heterocycles. The van der Waals surface area contributed by atoms with Gasteiger partial charge in [-0.1, -0.05) is 31.2 Å². The number of amides is 1. The molecular formula is C21H28N2O4S. The fourth-order valence-electron chi connectivity index (χ4n) is 3.96. The highest BCUT2D eigenvalue weighted by Gasteiger charge is 2.30. The van der Waals surface area contributed by atoms with E-state index < -0.39 is 10.0 Å². The van der Waals surface area contributed by atoms with Gasteiger partial charge in [-0.05, 0) is 37.5 Å². The number of carbonyl (C=O) groups excluding carboxylic acids is 1. The number of nitrogens with zero attached hydrogens (tertiary/aromatic N) is 2. The lowest BCUT2D eigenvalue weighted by molar-refractivity contribution is 0.0667. The summed E-state index contributed by atoms with van der Waals surface area (Å²) < 4.78 is 32.9. The summed E-state index contributed by atoms with van der Waals surface area (Å²) in [6, 6.07) is 5.03. The Morgan fingerprint density at radius 3 is 2.57 bits per heavy atom. The second-order valence-electron chi connectivity index (χ2n) is 7.43. The molecule has 1 saturated heterocycles. The summed E-state index contributed by atoms with van der Waals surface area (Å²) in [5.41, 5.74) is 1.00. The first-order valence-electron chi connectivity index (χ1n) is 9.88. The van der Waals surface area contributed by atoms with Crippen LogP contribution in [0.5, 0.6) is 0 Å². The lowest BCUT2D eigenvalue weighted by atomic mass is 9.93. The van der Waals surface area contributed by atoms with Gasteiger partial charge in [0, 0.05) is 24.7 Å². The van der Waals surface area contributed by atoms with Crippen LogP contribution in [0.1, 0.15) is 48.0 Å². The van der Waals surface area contributed by atoms with E-state index in [9.17, 15) is 13.2 Å². The van der Waals surface area contributed by atoms with Crippen molar-refractivity contribution in [2.75, 3.05) is 32.8 Å². The predicted octanol–water partition coefficient (Wildman–Crippen LogP) is 2.42. The number of ether oxygens (including phenoxy) is 1. The van der Waals surface area contributed by atoms with Crippen LogP contribution in [-0.4, -0.2) is 62.4 Å². The van der Waals surface area contributed by atoms with Crippen molar-refractivity contribution < 1.29 is 17.9 Å². The highest BCUT2D eigenvalue weighted by Crippen LogP contribution is 2.26. The van der Waals surface area contributed by atoms with E-state index in [0.29, 0.717) is 37.4 Å². The smallest absolute Gasteiger partial charge is 0.254 e. The van der Waals surface area contributed by atoms with E-state index in [4.69, 9.17) is 11.2 Å². The Balaban J connectivity index is 1.90. The van der Waals surface area contributed by atoms with Crippen LogP contribution in [0.15, 0.2) is 23.1 Å². The molecule has 1 aliphatic carbocycles. The molecule has 7 heteroatoms. The van der Waals surface area contributed by atoms with Crippen LogP contribution in [0, 0.1) is 19.3 Å². The zero-order valence-electron chi connectivity index (χ0n) is 16.4. The van der Waals surface area contributed by atoms with Crippen LogP contribution in [-0.2, 0) is 14.8 Å². The van der Waals surface area contributed by atoms with Gasteiger partial charge in [0.25, 0.3) is 5.91 Å². The maximum absolute atomic E-state index is 13.2. The van der Waals surface area contributed by atoms with Crippen molar-refractivity contribution in [1.29, 1.82) is 0 Å². The molecule has 0 spiro atoms. The minimum atomic E-state index is -3.67. The molecule has 1 amide bonds. The summed E-state index contributed by atoms with van der Waals surface area (Å²) in [6.45, 7) is 3.41. The SMILES string of the molecule is C#CCN(C(=O)c1ccc(C)c(S(=O)(=O)N2CCOCC2)c1)C1CCCCC1. The van der Waals surface area contributed by atoms with E-state index in [1.165, 1.54) is 16.8 Å². The first-order chi connectivity index (χ1) is 13.4. The monoisotopic (exact) mass is 404 g/mol. The second kappa shape index (κ2) is 9.08. The Morgan fingerprint density at radius 1 is 1.25 bits per heavy atom. The molecule has 0 unspecified atom stereocenters. The average molecular weight is 405 g/mol. The van der Waals surface area contributed by atoms with Crippen molar-refractivity contribution >= 4 is 15.9 Å². The van der Waals surface area contributed by atoms with Gasteiger partial charge in [0.2, 0.25) is 10.0 Å². The number of morpholine rings is 1. The van der Waals surface area contributed by atoms with E-state index in [1.807, 2.05) is 0 Å². The predicted molar refractivity (Wildman–Crippen MR) is 107 cm³/mol. The quantitative estimate of drug-likeness (QED) is 0.707. The molecule has 0 atom stereocenters. The third-order valence-electron chi connectivity index (χ3n) is 5.56. The molecular weight excluding hydrogens is 376 g/mol. The summed E-state index contributed by atoms with van der Waals surface area (Å²) in [5, 5.41) is 0. The van der Waals surface area contributed by atoms with Crippen LogP contribution in [0.4, 0.5) is 0 Å². The molecule has 1 aromatic carbocycles. The highest BCUT2D eigenvalue weighted by atomic mass is 32.2. The number of benzene rings is 1. The van der Waals surface area contributed by atoms with Gasteiger partial charge in [0.05, 0.1) is 24.7 Å². The molecule has 152 valence electrons. The van der Waals surface area contributed by atoms with Gasteiger partial charge < -0.3 is 9.64 Å². The minimum Gasteiger partial charge on any atom is -0.379 e. The highest BCUT2D eigenvalue weighted by molar-refractivity contribution is 7.89. The van der Waals surface area contributed by atoms with Crippen LogP contribution < -0.4 is 0 Å². The largest absolute Gasteiger partial charge is 0.379 e. The lowest BCUT2D eigenvalue weighted by Crippen LogP contribution is -2.42. The first-order valence-corrected chi connectivity index (χ1v) is 11.3.